The van der Waals surface area contributed by atoms with Gasteiger partial charge in [-0.05, 0) is 62.3 Å². The lowest BCUT2D eigenvalue weighted by molar-refractivity contribution is -0.137. The van der Waals surface area contributed by atoms with Gasteiger partial charge in [-0.1, -0.05) is 20.3 Å². The first-order valence-electron chi connectivity index (χ1n) is 11.6. The van der Waals surface area contributed by atoms with Gasteiger partial charge in [0.05, 0.1) is 12.1 Å². The summed E-state index contributed by atoms with van der Waals surface area (Å²) < 4.78 is 6.19. The predicted octanol–water partition coefficient (Wildman–Crippen LogP) is 3.82. The molecule has 29 heavy (non-hydrogen) atoms. The van der Waals surface area contributed by atoms with E-state index in [9.17, 15) is 4.79 Å². The van der Waals surface area contributed by atoms with Crippen molar-refractivity contribution in [3.05, 3.63) is 18.0 Å². The molecule has 3 fully saturated rings. The maximum absolute atomic E-state index is 13.1. The lowest BCUT2D eigenvalue weighted by Crippen LogP contribution is -2.46. The topological polar surface area (TPSA) is 67.3 Å². The third kappa shape index (κ3) is 4.90. The summed E-state index contributed by atoms with van der Waals surface area (Å²) in [4.78, 5) is 24.2. The van der Waals surface area contributed by atoms with Crippen LogP contribution < -0.4 is 5.32 Å². The Morgan fingerprint density at radius 3 is 2.66 bits per heavy atom. The van der Waals surface area contributed by atoms with Gasteiger partial charge in [-0.3, -0.25) is 4.79 Å². The lowest BCUT2D eigenvalue weighted by atomic mass is 9.83. The van der Waals surface area contributed by atoms with Gasteiger partial charge >= 0.3 is 0 Å². The van der Waals surface area contributed by atoms with E-state index in [1.807, 2.05) is 12.4 Å². The van der Waals surface area contributed by atoms with Crippen molar-refractivity contribution in [1.29, 1.82) is 0 Å². The summed E-state index contributed by atoms with van der Waals surface area (Å²) in [5, 5.41) is 3.49. The van der Waals surface area contributed by atoms with E-state index in [0.717, 1.165) is 58.2 Å². The highest BCUT2D eigenvalue weighted by molar-refractivity contribution is 5.79. The van der Waals surface area contributed by atoms with Crippen LogP contribution in [0.15, 0.2) is 12.4 Å². The molecule has 3 atom stereocenters. The summed E-state index contributed by atoms with van der Waals surface area (Å²) >= 11 is 0. The quantitative estimate of drug-likeness (QED) is 0.719. The number of ether oxygens (including phenoxy) is 1. The van der Waals surface area contributed by atoms with Crippen molar-refractivity contribution in [2.45, 2.75) is 83.8 Å². The molecule has 0 radical (unpaired) electrons. The fraction of sp³-hybridized carbons (Fsp3) is 0.783. The summed E-state index contributed by atoms with van der Waals surface area (Å²) in [6.07, 6.45) is 13.4. The maximum Gasteiger partial charge on any atom is 0.225 e. The number of rotatable bonds is 8. The number of carbonyl (C=O) groups excluding carboxylic acids is 1. The van der Waals surface area contributed by atoms with Crippen molar-refractivity contribution in [2.24, 2.45) is 11.3 Å². The minimum Gasteiger partial charge on any atom is -0.376 e. The number of likely N-dealkylation sites (tertiary alicyclic amines) is 1. The van der Waals surface area contributed by atoms with E-state index in [2.05, 4.69) is 34.0 Å². The first-order chi connectivity index (χ1) is 14.1. The van der Waals surface area contributed by atoms with E-state index in [0.29, 0.717) is 17.3 Å². The summed E-state index contributed by atoms with van der Waals surface area (Å²) in [6, 6.07) is 0.163. The molecule has 2 saturated carbocycles. The molecule has 1 saturated heterocycles. The number of nitrogens with one attached hydrogen (secondary N) is 1. The van der Waals surface area contributed by atoms with E-state index in [-0.39, 0.29) is 18.1 Å². The van der Waals surface area contributed by atoms with E-state index in [1.165, 1.54) is 24.8 Å². The number of aromatic nitrogens is 2. The third-order valence-electron chi connectivity index (χ3n) is 6.94. The Bertz CT molecular complexity index is 689. The fourth-order valence-electron chi connectivity index (χ4n) is 4.95. The van der Waals surface area contributed by atoms with Gasteiger partial charge in [0.2, 0.25) is 11.9 Å². The SMILES string of the molecule is CCCO[C@@H]1C[C@@H](C(=O)N2CCC3(CC3)C2)CC[C@H]1Nc1ncc(CCC)cn1. The van der Waals surface area contributed by atoms with Crippen molar-refractivity contribution >= 4 is 11.9 Å². The Morgan fingerprint density at radius 1 is 1.21 bits per heavy atom. The standard InChI is InChI=1S/C23H36N4O2/c1-3-5-17-14-24-22(25-15-17)26-19-7-6-18(13-20(19)29-12-4-2)21(28)27-11-10-23(16-27)8-9-23/h14-15,18-20H,3-13,16H2,1-2H3,(H,24,25,26)/t18-,19+,20+/m0/s1. The summed E-state index contributed by atoms with van der Waals surface area (Å²) in [5.41, 5.74) is 1.67. The fourth-order valence-corrected chi connectivity index (χ4v) is 4.95. The van der Waals surface area contributed by atoms with E-state index < -0.39 is 0 Å². The molecule has 1 aliphatic heterocycles. The average Bonchev–Trinajstić information content (AvgIpc) is 3.37. The summed E-state index contributed by atoms with van der Waals surface area (Å²) in [5.74, 6) is 1.12. The van der Waals surface area contributed by atoms with Crippen LogP contribution in [0.3, 0.4) is 0 Å². The van der Waals surface area contributed by atoms with Gasteiger partial charge < -0.3 is 15.0 Å². The molecular weight excluding hydrogens is 364 g/mol. The van der Waals surface area contributed by atoms with Crippen LogP contribution in [0.1, 0.15) is 70.8 Å². The Morgan fingerprint density at radius 2 is 2.00 bits per heavy atom. The Balaban J connectivity index is 1.36. The number of hydrogen-bond donors (Lipinski definition) is 1. The van der Waals surface area contributed by atoms with E-state index in [4.69, 9.17) is 4.74 Å². The van der Waals surface area contributed by atoms with Gasteiger partial charge in [0, 0.05) is 38.0 Å². The molecular formula is C23H36N4O2. The number of aryl methyl sites for hydroxylation is 1. The molecule has 0 bridgehead atoms. The van der Waals surface area contributed by atoms with Crippen molar-refractivity contribution in [3.8, 4) is 0 Å². The highest BCUT2D eigenvalue weighted by Crippen LogP contribution is 2.53. The molecule has 1 aromatic rings. The molecule has 6 nitrogen and oxygen atoms in total. The normalized spacial score (nSPS) is 27.9. The Kier molecular flexibility index (Phi) is 6.38. The van der Waals surface area contributed by atoms with Gasteiger partial charge in [-0.2, -0.15) is 0 Å². The second kappa shape index (κ2) is 8.99. The van der Waals surface area contributed by atoms with Crippen molar-refractivity contribution in [1.82, 2.24) is 14.9 Å². The molecule has 0 aromatic carbocycles. The predicted molar refractivity (Wildman–Crippen MR) is 114 cm³/mol. The van der Waals surface area contributed by atoms with Crippen LogP contribution in [0, 0.1) is 11.3 Å². The molecule has 4 rings (SSSR count). The second-order valence-corrected chi connectivity index (χ2v) is 9.34. The molecule has 1 N–H and O–H groups in total. The number of nitrogens with zero attached hydrogens (tertiary/aromatic N) is 3. The van der Waals surface area contributed by atoms with Crippen molar-refractivity contribution < 1.29 is 9.53 Å². The van der Waals surface area contributed by atoms with Crippen LogP contribution in [0.5, 0.6) is 0 Å². The molecule has 2 aliphatic carbocycles. The summed E-state index contributed by atoms with van der Waals surface area (Å²) in [6.45, 7) is 6.96. The van der Waals surface area contributed by atoms with Gasteiger partial charge in [0.1, 0.15) is 0 Å². The number of anilines is 1. The monoisotopic (exact) mass is 400 g/mol. The molecule has 2 heterocycles. The molecule has 160 valence electrons. The summed E-state index contributed by atoms with van der Waals surface area (Å²) in [7, 11) is 0. The zero-order valence-electron chi connectivity index (χ0n) is 18.0. The van der Waals surface area contributed by atoms with Crippen LogP contribution in [0.4, 0.5) is 5.95 Å². The first kappa shape index (κ1) is 20.6. The van der Waals surface area contributed by atoms with E-state index >= 15 is 0 Å². The lowest BCUT2D eigenvalue weighted by Gasteiger charge is -2.37. The molecule has 0 unspecified atom stereocenters. The highest BCUT2D eigenvalue weighted by Gasteiger charge is 2.50. The molecule has 1 amide bonds. The first-order valence-corrected chi connectivity index (χ1v) is 11.6. The Labute approximate surface area is 174 Å². The zero-order valence-corrected chi connectivity index (χ0v) is 18.0. The van der Waals surface area contributed by atoms with Crippen LogP contribution in [0.2, 0.25) is 0 Å². The van der Waals surface area contributed by atoms with Crippen LogP contribution in [0.25, 0.3) is 0 Å². The van der Waals surface area contributed by atoms with Crippen molar-refractivity contribution in [2.75, 3.05) is 25.0 Å². The van der Waals surface area contributed by atoms with Crippen LogP contribution in [-0.4, -0.2) is 52.6 Å². The Hall–Kier alpha value is -1.69. The van der Waals surface area contributed by atoms with Crippen molar-refractivity contribution in [3.63, 3.8) is 0 Å². The van der Waals surface area contributed by atoms with Crippen LogP contribution >= 0.6 is 0 Å². The van der Waals surface area contributed by atoms with Gasteiger partial charge in [-0.15, -0.1) is 0 Å². The smallest absolute Gasteiger partial charge is 0.225 e. The van der Waals surface area contributed by atoms with Gasteiger partial charge in [0.15, 0.2) is 0 Å². The zero-order chi connectivity index (χ0) is 20.3. The van der Waals surface area contributed by atoms with Crippen LogP contribution in [-0.2, 0) is 16.0 Å². The average molecular weight is 401 g/mol. The van der Waals surface area contributed by atoms with E-state index in [1.54, 1.807) is 0 Å². The molecule has 3 aliphatic rings. The number of hydrogen-bond acceptors (Lipinski definition) is 5. The third-order valence-corrected chi connectivity index (χ3v) is 6.94. The van der Waals surface area contributed by atoms with Gasteiger partial charge in [0.25, 0.3) is 0 Å². The minimum atomic E-state index is 0.0362. The number of amides is 1. The highest BCUT2D eigenvalue weighted by atomic mass is 16.5. The van der Waals surface area contributed by atoms with Gasteiger partial charge in [-0.25, -0.2) is 9.97 Å². The molecule has 1 aromatic heterocycles. The largest absolute Gasteiger partial charge is 0.376 e. The molecule has 1 spiro atoms. The molecule has 6 heteroatoms. The maximum atomic E-state index is 13.1. The number of carbonyl (C=O) groups is 1. The second-order valence-electron chi connectivity index (χ2n) is 9.34. The minimum absolute atomic E-state index is 0.0362.